The molecule has 2 fully saturated rings. The van der Waals surface area contributed by atoms with Crippen LogP contribution >= 0.6 is 0 Å². The van der Waals surface area contributed by atoms with E-state index < -0.39 is 63.3 Å². The van der Waals surface area contributed by atoms with Gasteiger partial charge in [0.2, 0.25) is 5.43 Å². The molecule has 1 heterocycles. The average molecular weight is 607 g/mol. The highest BCUT2D eigenvalue weighted by atomic mass is 19.2. The van der Waals surface area contributed by atoms with E-state index in [1.54, 1.807) is 18.4 Å². The third kappa shape index (κ3) is 7.27. The number of aromatic nitrogens is 1. The molecule has 1 N–H and O–H groups in total. The van der Waals surface area contributed by atoms with Crippen LogP contribution in [0.1, 0.15) is 61.5 Å². The number of nitrogens with zero attached hydrogens (tertiary/aromatic N) is 2. The lowest BCUT2D eigenvalue weighted by Crippen LogP contribution is -2.21. The quantitative estimate of drug-likeness (QED) is 0.0847. The number of hydrogen-bond donors (Lipinski definition) is 1. The number of pyridine rings is 1. The zero-order valence-corrected chi connectivity index (χ0v) is 23.1. The summed E-state index contributed by atoms with van der Waals surface area (Å²) >= 11 is 0. The minimum Gasteiger partial charge on any atom is -0.506 e. The molecule has 2 saturated carbocycles. The summed E-state index contributed by atoms with van der Waals surface area (Å²) in [7, 11) is 0. The number of carbonyl (C=O) groups is 2. The Kier molecular flexibility index (Phi) is 9.62. The van der Waals surface area contributed by atoms with Crippen LogP contribution < -0.4 is 5.43 Å². The van der Waals surface area contributed by atoms with Gasteiger partial charge in [0.15, 0.2) is 23.3 Å². The fourth-order valence-electron chi connectivity index (χ4n) is 4.03. The molecule has 5 rings (SSSR count). The van der Waals surface area contributed by atoms with Crippen LogP contribution in [0.15, 0.2) is 45.8 Å². The molecule has 0 aliphatic heterocycles. The highest BCUT2D eigenvalue weighted by molar-refractivity contribution is 6.15. The molecule has 2 aliphatic carbocycles. The number of aliphatic imine (C=N–C) groups is 1. The Morgan fingerprint density at radius 2 is 1.49 bits per heavy atom. The normalized spacial score (nSPS) is 15.1. The fraction of sp³-hybridized carbons (Fsp3) is 0.333. The molecule has 0 radical (unpaired) electrons. The molecule has 43 heavy (non-hydrogen) atoms. The van der Waals surface area contributed by atoms with Gasteiger partial charge in [0.25, 0.3) is 0 Å². The van der Waals surface area contributed by atoms with Crippen LogP contribution in [-0.2, 0) is 14.3 Å². The monoisotopic (exact) mass is 606 g/mol. The van der Waals surface area contributed by atoms with Crippen molar-refractivity contribution in [1.82, 2.24) is 4.57 Å². The Bertz CT molecular complexity index is 1690. The first-order valence-electron chi connectivity index (χ1n) is 13.5. The molecule has 3 aromatic rings. The first-order valence-corrected chi connectivity index (χ1v) is 13.5. The van der Waals surface area contributed by atoms with E-state index >= 15 is 0 Å². The van der Waals surface area contributed by atoms with Crippen LogP contribution in [0.2, 0.25) is 0 Å². The standard InChI is InChI=1S/C15H14F3NO3.C15H13F2NO3/c1-2-22-15(21)10(7-19-8-3-4-8)14(20)9-5-12(17)13(18)6-11(9)16;1-2-21-15(20)10-7-18(8-3-4-8)13-6-12(17)11(16)5-9(13)14(10)19/h5-8,20H,2-4H2,1H3;5-8H,2-4H2,1H3. The van der Waals surface area contributed by atoms with E-state index in [-0.39, 0.29) is 36.2 Å². The van der Waals surface area contributed by atoms with Gasteiger partial charge in [0.05, 0.1) is 30.3 Å². The van der Waals surface area contributed by atoms with Crippen LogP contribution in [-0.4, -0.2) is 47.1 Å². The molecule has 0 atom stereocenters. The van der Waals surface area contributed by atoms with Gasteiger partial charge in [0.1, 0.15) is 22.7 Å². The third-order valence-electron chi connectivity index (χ3n) is 6.49. The summed E-state index contributed by atoms with van der Waals surface area (Å²) in [5.41, 5.74) is -1.53. The summed E-state index contributed by atoms with van der Waals surface area (Å²) in [5, 5.41) is 10.1. The number of benzene rings is 2. The van der Waals surface area contributed by atoms with Crippen molar-refractivity contribution in [1.29, 1.82) is 0 Å². The van der Waals surface area contributed by atoms with Gasteiger partial charge in [-0.2, -0.15) is 0 Å². The minimum atomic E-state index is -1.39. The van der Waals surface area contributed by atoms with Crippen molar-refractivity contribution in [2.75, 3.05) is 13.2 Å². The van der Waals surface area contributed by atoms with Crippen molar-refractivity contribution in [3.8, 4) is 0 Å². The Labute approximate surface area is 242 Å². The number of halogens is 5. The zero-order chi connectivity index (χ0) is 31.4. The number of aliphatic hydroxyl groups excluding tert-OH is 1. The molecule has 0 unspecified atom stereocenters. The number of carbonyl (C=O) groups excluding carboxylic acids is 2. The van der Waals surface area contributed by atoms with Gasteiger partial charge in [-0.1, -0.05) is 0 Å². The maximum absolute atomic E-state index is 13.7. The molecule has 0 saturated heterocycles. The van der Waals surface area contributed by atoms with E-state index in [2.05, 4.69) is 4.99 Å². The van der Waals surface area contributed by atoms with Gasteiger partial charge in [-0.25, -0.2) is 31.5 Å². The van der Waals surface area contributed by atoms with Gasteiger partial charge < -0.3 is 19.1 Å². The molecule has 8 nitrogen and oxygen atoms in total. The van der Waals surface area contributed by atoms with E-state index in [9.17, 15) is 41.4 Å². The second-order valence-electron chi connectivity index (χ2n) is 9.75. The van der Waals surface area contributed by atoms with Crippen LogP contribution in [0.3, 0.4) is 0 Å². The topological polar surface area (TPSA) is 107 Å². The number of fused-ring (bicyclic) bond motifs is 1. The lowest BCUT2D eigenvalue weighted by Gasteiger charge is -2.12. The SMILES string of the molecule is CCOC(=O)C(C=NC1CC1)=C(O)c1cc(F)c(F)cc1F.CCOC(=O)c1cn(C2CC2)c2cc(F)c(F)cc2c1=O. The van der Waals surface area contributed by atoms with Crippen molar-refractivity contribution >= 4 is 34.8 Å². The first-order chi connectivity index (χ1) is 20.5. The third-order valence-corrected chi connectivity index (χ3v) is 6.49. The summed E-state index contributed by atoms with van der Waals surface area (Å²) in [6, 6.07) is 2.76. The molecule has 2 aliphatic rings. The van der Waals surface area contributed by atoms with Gasteiger partial charge in [-0.15, -0.1) is 0 Å². The summed E-state index contributed by atoms with van der Waals surface area (Å²) < 4.78 is 78.0. The lowest BCUT2D eigenvalue weighted by molar-refractivity contribution is -0.137. The average Bonchev–Trinajstić information content (AvgIpc) is 3.88. The number of ether oxygens (including phenoxy) is 2. The number of rotatable bonds is 8. The second-order valence-corrected chi connectivity index (χ2v) is 9.75. The molecule has 228 valence electrons. The van der Waals surface area contributed by atoms with E-state index in [0.29, 0.717) is 17.6 Å². The van der Waals surface area contributed by atoms with Crippen LogP contribution in [0.25, 0.3) is 16.7 Å². The summed E-state index contributed by atoms with van der Waals surface area (Å²) in [6.07, 6.45) is 5.92. The summed E-state index contributed by atoms with van der Waals surface area (Å²) in [5.74, 6) is -8.57. The highest BCUT2D eigenvalue weighted by Crippen LogP contribution is 2.37. The van der Waals surface area contributed by atoms with Crippen molar-refractivity contribution < 1.29 is 46.1 Å². The zero-order valence-electron chi connectivity index (χ0n) is 23.1. The van der Waals surface area contributed by atoms with Gasteiger partial charge in [0, 0.05) is 36.0 Å². The first kappa shape index (κ1) is 31.4. The highest BCUT2D eigenvalue weighted by Gasteiger charge is 2.28. The summed E-state index contributed by atoms with van der Waals surface area (Å²) in [4.78, 5) is 40.0. The van der Waals surface area contributed by atoms with Gasteiger partial charge in [-0.05, 0) is 51.7 Å². The maximum atomic E-state index is 13.7. The van der Waals surface area contributed by atoms with Crippen molar-refractivity contribution in [3.05, 3.63) is 86.5 Å². The van der Waals surface area contributed by atoms with Crippen LogP contribution in [0, 0.1) is 29.1 Å². The molecule has 2 aromatic carbocycles. The number of esters is 2. The Morgan fingerprint density at radius 1 is 0.884 bits per heavy atom. The van der Waals surface area contributed by atoms with Gasteiger partial charge in [-0.3, -0.25) is 9.79 Å². The van der Waals surface area contributed by atoms with Crippen LogP contribution in [0.4, 0.5) is 22.0 Å². The van der Waals surface area contributed by atoms with E-state index in [4.69, 9.17) is 9.47 Å². The number of hydrogen-bond acceptors (Lipinski definition) is 7. The Morgan fingerprint density at radius 3 is 2.09 bits per heavy atom. The second kappa shape index (κ2) is 13.2. The molecule has 13 heteroatoms. The van der Waals surface area contributed by atoms with E-state index in [0.717, 1.165) is 44.0 Å². The van der Waals surface area contributed by atoms with Crippen molar-refractivity contribution in [3.63, 3.8) is 0 Å². The lowest BCUT2D eigenvalue weighted by atomic mass is 10.1. The largest absolute Gasteiger partial charge is 0.506 e. The fourth-order valence-corrected chi connectivity index (χ4v) is 4.03. The molecular weight excluding hydrogens is 579 g/mol. The number of aliphatic hydroxyl groups is 1. The van der Waals surface area contributed by atoms with Crippen LogP contribution in [0.5, 0.6) is 0 Å². The molecule has 0 bridgehead atoms. The van der Waals surface area contributed by atoms with Crippen molar-refractivity contribution in [2.24, 2.45) is 4.99 Å². The van der Waals surface area contributed by atoms with Gasteiger partial charge >= 0.3 is 11.9 Å². The molecular formula is C30H27F5N2O6. The van der Waals surface area contributed by atoms with Crippen molar-refractivity contribution in [2.45, 2.75) is 51.6 Å². The maximum Gasteiger partial charge on any atom is 0.343 e. The predicted octanol–water partition coefficient (Wildman–Crippen LogP) is 5.96. The Hall–Kier alpha value is -4.55. The smallest absolute Gasteiger partial charge is 0.343 e. The molecule has 1 aromatic heterocycles. The predicted molar refractivity (Wildman–Crippen MR) is 146 cm³/mol. The minimum absolute atomic E-state index is 0.00801. The Balaban J connectivity index is 0.000000197. The molecule has 0 amide bonds. The molecule has 0 spiro atoms. The summed E-state index contributed by atoms with van der Waals surface area (Å²) in [6.45, 7) is 3.36. The van der Waals surface area contributed by atoms with E-state index in [1.807, 2.05) is 0 Å². The van der Waals surface area contributed by atoms with E-state index in [1.165, 1.54) is 6.20 Å².